The molecule has 0 radical (unpaired) electrons. The van der Waals surface area contributed by atoms with Gasteiger partial charge in [-0.25, -0.2) is 4.79 Å². The van der Waals surface area contributed by atoms with Crippen molar-refractivity contribution in [3.05, 3.63) is 58.2 Å². The van der Waals surface area contributed by atoms with Gasteiger partial charge in [-0.15, -0.1) is 0 Å². The van der Waals surface area contributed by atoms with Crippen LogP contribution in [0, 0.1) is 0 Å². The summed E-state index contributed by atoms with van der Waals surface area (Å²) in [6.07, 6.45) is 6.22. The standard InChI is InChI=1S/C27H28O7/c1-14(2)6-5-7-15(3)8-10-18-23(29)24(30)22(27(31)32-4)21-19-13-33-20-12-16(28)9-11-17(20)25(19)34-26(18)21/h6,8-9,11-12,28-30H,5,7,10,13H2,1-4H3/b15-8+. The first-order valence-corrected chi connectivity index (χ1v) is 11.1. The molecule has 3 aromatic rings. The van der Waals surface area contributed by atoms with Gasteiger partial charge < -0.3 is 29.2 Å². The second-order valence-corrected chi connectivity index (χ2v) is 8.70. The molecule has 0 amide bonds. The summed E-state index contributed by atoms with van der Waals surface area (Å²) in [5.41, 5.74) is 4.04. The van der Waals surface area contributed by atoms with Gasteiger partial charge in [-0.2, -0.15) is 0 Å². The van der Waals surface area contributed by atoms with E-state index in [1.54, 1.807) is 6.07 Å². The molecule has 0 bridgehead atoms. The summed E-state index contributed by atoms with van der Waals surface area (Å²) in [5, 5.41) is 31.8. The minimum Gasteiger partial charge on any atom is -0.508 e. The Morgan fingerprint density at radius 2 is 1.88 bits per heavy atom. The van der Waals surface area contributed by atoms with Gasteiger partial charge in [-0.3, -0.25) is 0 Å². The van der Waals surface area contributed by atoms with Gasteiger partial charge in [-0.05, 0) is 52.2 Å². The fourth-order valence-electron chi connectivity index (χ4n) is 4.21. The fraction of sp³-hybridized carbons (Fsp3) is 0.296. The molecule has 0 fully saturated rings. The molecule has 0 saturated carbocycles. The molecule has 0 atom stereocenters. The molecule has 7 nitrogen and oxygen atoms in total. The predicted octanol–water partition coefficient (Wildman–Crippen LogP) is 6.13. The van der Waals surface area contributed by atoms with Crippen LogP contribution in [0.3, 0.4) is 0 Å². The smallest absolute Gasteiger partial charge is 0.342 e. The first-order chi connectivity index (χ1) is 16.2. The van der Waals surface area contributed by atoms with Gasteiger partial charge in [0.15, 0.2) is 11.5 Å². The van der Waals surface area contributed by atoms with E-state index in [0.29, 0.717) is 45.6 Å². The largest absolute Gasteiger partial charge is 0.508 e. The summed E-state index contributed by atoms with van der Waals surface area (Å²) in [7, 11) is 1.21. The van der Waals surface area contributed by atoms with Crippen molar-refractivity contribution in [2.45, 2.75) is 46.6 Å². The average Bonchev–Trinajstić information content (AvgIpc) is 3.17. The van der Waals surface area contributed by atoms with E-state index < -0.39 is 17.5 Å². The molecule has 1 aromatic heterocycles. The van der Waals surface area contributed by atoms with E-state index in [4.69, 9.17) is 13.9 Å². The molecule has 34 heavy (non-hydrogen) atoms. The number of fused-ring (bicyclic) bond motifs is 5. The van der Waals surface area contributed by atoms with Crippen molar-refractivity contribution in [2.24, 2.45) is 0 Å². The first-order valence-electron chi connectivity index (χ1n) is 11.1. The predicted molar refractivity (Wildman–Crippen MR) is 128 cm³/mol. The van der Waals surface area contributed by atoms with E-state index >= 15 is 0 Å². The third-order valence-corrected chi connectivity index (χ3v) is 6.00. The number of carbonyl (C=O) groups excluding carboxylic acids is 1. The minimum atomic E-state index is -0.794. The molecule has 0 saturated heterocycles. The van der Waals surface area contributed by atoms with Crippen LogP contribution in [0.5, 0.6) is 23.0 Å². The topological polar surface area (TPSA) is 109 Å². The van der Waals surface area contributed by atoms with Crippen LogP contribution in [0.2, 0.25) is 0 Å². The van der Waals surface area contributed by atoms with E-state index in [0.717, 1.165) is 18.4 Å². The number of allylic oxidation sites excluding steroid dienone is 4. The lowest BCUT2D eigenvalue weighted by atomic mass is 9.95. The zero-order valence-corrected chi connectivity index (χ0v) is 19.7. The van der Waals surface area contributed by atoms with Gasteiger partial charge in [0, 0.05) is 22.6 Å². The third-order valence-electron chi connectivity index (χ3n) is 6.00. The highest BCUT2D eigenvalue weighted by Gasteiger charge is 2.33. The van der Waals surface area contributed by atoms with Gasteiger partial charge in [0.2, 0.25) is 0 Å². The highest BCUT2D eigenvalue weighted by molar-refractivity contribution is 6.11. The average molecular weight is 465 g/mol. The normalized spacial score (nSPS) is 12.6. The second-order valence-electron chi connectivity index (χ2n) is 8.70. The van der Waals surface area contributed by atoms with Crippen LogP contribution < -0.4 is 4.74 Å². The van der Waals surface area contributed by atoms with Crippen LogP contribution in [-0.4, -0.2) is 28.4 Å². The maximum Gasteiger partial charge on any atom is 0.342 e. The number of aromatic hydroxyl groups is 3. The fourth-order valence-corrected chi connectivity index (χ4v) is 4.21. The zero-order chi connectivity index (χ0) is 24.6. The Balaban J connectivity index is 1.89. The number of hydrogen-bond acceptors (Lipinski definition) is 7. The van der Waals surface area contributed by atoms with Crippen molar-refractivity contribution in [3.63, 3.8) is 0 Å². The lowest BCUT2D eigenvalue weighted by Gasteiger charge is -2.17. The highest BCUT2D eigenvalue weighted by atomic mass is 16.5. The van der Waals surface area contributed by atoms with E-state index in [1.807, 2.05) is 13.0 Å². The molecule has 7 heteroatoms. The summed E-state index contributed by atoms with van der Waals surface area (Å²) < 4.78 is 16.9. The van der Waals surface area contributed by atoms with E-state index in [2.05, 4.69) is 19.9 Å². The van der Waals surface area contributed by atoms with Crippen molar-refractivity contribution in [1.82, 2.24) is 0 Å². The monoisotopic (exact) mass is 464 g/mol. The maximum absolute atomic E-state index is 12.6. The molecule has 1 aliphatic rings. The molecule has 3 N–H and O–H groups in total. The maximum atomic E-state index is 12.6. The van der Waals surface area contributed by atoms with Gasteiger partial charge in [0.25, 0.3) is 0 Å². The van der Waals surface area contributed by atoms with Gasteiger partial charge >= 0.3 is 5.97 Å². The number of methoxy groups -OCH3 is 1. The lowest BCUT2D eigenvalue weighted by Crippen LogP contribution is -2.07. The van der Waals surface area contributed by atoms with Crippen LogP contribution in [0.4, 0.5) is 0 Å². The first kappa shape index (κ1) is 23.3. The molecule has 4 rings (SSSR count). The minimum absolute atomic E-state index is 0.0539. The molecular formula is C27H28O7. The molecule has 178 valence electrons. The quantitative estimate of drug-likeness (QED) is 0.229. The second kappa shape index (κ2) is 9.17. The van der Waals surface area contributed by atoms with E-state index in [1.165, 1.54) is 24.8 Å². The van der Waals surface area contributed by atoms with Crippen molar-refractivity contribution in [1.29, 1.82) is 0 Å². The Morgan fingerprint density at radius 3 is 2.59 bits per heavy atom. The van der Waals surface area contributed by atoms with Crippen molar-refractivity contribution < 1.29 is 34.0 Å². The number of esters is 1. The zero-order valence-electron chi connectivity index (χ0n) is 19.7. The number of phenolic OH excluding ortho intramolecular Hbond substituents is 3. The van der Waals surface area contributed by atoms with Crippen LogP contribution in [0.1, 0.15) is 55.1 Å². The molecule has 1 aliphatic heterocycles. The van der Waals surface area contributed by atoms with Gasteiger partial charge in [0.05, 0.1) is 12.7 Å². The summed E-state index contributed by atoms with van der Waals surface area (Å²) in [5.74, 6) is -0.812. The Kier molecular flexibility index (Phi) is 6.28. The SMILES string of the molecule is COC(=O)c1c(O)c(O)c(C/C=C(\C)CCC=C(C)C)c2oc3c(c12)COc1cc(O)ccc1-3. The summed E-state index contributed by atoms with van der Waals surface area (Å²) >= 11 is 0. The highest BCUT2D eigenvalue weighted by Crippen LogP contribution is 2.50. The van der Waals surface area contributed by atoms with E-state index in [9.17, 15) is 20.1 Å². The number of benzene rings is 2. The molecule has 0 aliphatic carbocycles. The summed E-state index contributed by atoms with van der Waals surface area (Å²) in [6.45, 7) is 6.19. The summed E-state index contributed by atoms with van der Waals surface area (Å²) in [4.78, 5) is 12.6. The van der Waals surface area contributed by atoms with Crippen LogP contribution in [-0.2, 0) is 17.8 Å². The number of rotatable bonds is 6. The van der Waals surface area contributed by atoms with Gasteiger partial charge in [0.1, 0.15) is 35.0 Å². The molecular weight excluding hydrogens is 436 g/mol. The Bertz CT molecular complexity index is 1340. The van der Waals surface area contributed by atoms with Crippen molar-refractivity contribution >= 4 is 16.9 Å². The Hall–Kier alpha value is -3.87. The third kappa shape index (κ3) is 4.09. The molecule has 2 aromatic carbocycles. The molecule has 0 spiro atoms. The Labute approximate surface area is 197 Å². The lowest BCUT2D eigenvalue weighted by molar-refractivity contribution is 0.0599. The molecule has 2 heterocycles. The number of phenols is 3. The number of ether oxygens (including phenoxy) is 2. The number of furan rings is 1. The number of hydrogen-bond donors (Lipinski definition) is 3. The van der Waals surface area contributed by atoms with Crippen LogP contribution in [0.15, 0.2) is 45.9 Å². The number of carbonyl (C=O) groups is 1. The van der Waals surface area contributed by atoms with E-state index in [-0.39, 0.29) is 17.9 Å². The van der Waals surface area contributed by atoms with Crippen LogP contribution >= 0.6 is 0 Å². The van der Waals surface area contributed by atoms with Gasteiger partial charge in [-0.1, -0.05) is 23.3 Å². The van der Waals surface area contributed by atoms with Crippen molar-refractivity contribution in [3.8, 4) is 34.3 Å². The van der Waals surface area contributed by atoms with Crippen molar-refractivity contribution in [2.75, 3.05) is 7.11 Å². The summed E-state index contributed by atoms with van der Waals surface area (Å²) in [6, 6.07) is 4.66. The Morgan fingerprint density at radius 1 is 1.12 bits per heavy atom. The van der Waals surface area contributed by atoms with Crippen LogP contribution in [0.25, 0.3) is 22.3 Å². The molecule has 0 unspecified atom stereocenters.